The number of nitrogen functional groups attached to an aromatic ring is 1. The number of carbonyl (C=O) groups is 1. The first-order valence-corrected chi connectivity index (χ1v) is 4.67. The van der Waals surface area contributed by atoms with E-state index >= 15 is 0 Å². The third-order valence-corrected chi connectivity index (χ3v) is 2.26. The van der Waals surface area contributed by atoms with E-state index in [1.165, 1.54) is 0 Å². The number of hydrogen-bond acceptors (Lipinski definition) is 3. The van der Waals surface area contributed by atoms with E-state index in [1.54, 1.807) is 25.1 Å². The normalized spacial score (nSPS) is 10.7. The van der Waals surface area contributed by atoms with E-state index in [2.05, 4.69) is 4.98 Å². The first-order chi connectivity index (χ1) is 7.13. The molecule has 5 nitrogen and oxygen atoms in total. The highest BCUT2D eigenvalue weighted by Gasteiger charge is 2.11. The summed E-state index contributed by atoms with van der Waals surface area (Å²) in [5.74, 6) is -0.226. The number of fused-ring (bicyclic) bond motifs is 1. The van der Waals surface area contributed by atoms with E-state index in [9.17, 15) is 9.59 Å². The molecule has 0 radical (unpaired) electrons. The lowest BCUT2D eigenvalue weighted by Crippen LogP contribution is -2.23. The van der Waals surface area contributed by atoms with Crippen LogP contribution in [0.1, 0.15) is 18.1 Å². The zero-order valence-corrected chi connectivity index (χ0v) is 8.28. The van der Waals surface area contributed by atoms with Crippen LogP contribution in [0.2, 0.25) is 0 Å². The average Bonchev–Trinajstić information content (AvgIpc) is 2.52. The second kappa shape index (κ2) is 3.27. The maximum absolute atomic E-state index is 11.5. The molecule has 0 aliphatic rings. The lowest BCUT2D eigenvalue weighted by Gasteiger charge is -1.98. The summed E-state index contributed by atoms with van der Waals surface area (Å²) in [7, 11) is 0. The first-order valence-electron chi connectivity index (χ1n) is 4.67. The van der Waals surface area contributed by atoms with Gasteiger partial charge in [-0.25, -0.2) is 9.36 Å². The third kappa shape index (κ3) is 1.41. The number of nitrogens with one attached hydrogen (secondary N) is 1. The van der Waals surface area contributed by atoms with Crippen LogP contribution in [0.3, 0.4) is 0 Å². The fourth-order valence-corrected chi connectivity index (χ4v) is 1.53. The van der Waals surface area contributed by atoms with E-state index in [-0.39, 0.29) is 12.3 Å². The minimum atomic E-state index is -0.414. The van der Waals surface area contributed by atoms with Crippen molar-refractivity contribution in [3.05, 3.63) is 28.7 Å². The van der Waals surface area contributed by atoms with Crippen molar-refractivity contribution in [3.63, 3.8) is 0 Å². The summed E-state index contributed by atoms with van der Waals surface area (Å²) < 4.78 is 1.13. The fourth-order valence-electron chi connectivity index (χ4n) is 1.53. The molecule has 0 saturated heterocycles. The van der Waals surface area contributed by atoms with Gasteiger partial charge in [-0.1, -0.05) is 6.92 Å². The zero-order chi connectivity index (χ0) is 11.0. The summed E-state index contributed by atoms with van der Waals surface area (Å²) in [5, 5.41) is 0. The predicted molar refractivity (Wildman–Crippen MR) is 57.9 cm³/mol. The molecule has 3 N–H and O–H groups in total. The summed E-state index contributed by atoms with van der Waals surface area (Å²) in [6, 6.07) is 4.96. The number of nitrogens with zero attached hydrogens (tertiary/aromatic N) is 1. The molecular formula is C10H11N3O2. The molecule has 5 heteroatoms. The van der Waals surface area contributed by atoms with Crippen LogP contribution < -0.4 is 11.4 Å². The number of rotatable bonds is 1. The van der Waals surface area contributed by atoms with Crippen molar-refractivity contribution in [2.24, 2.45) is 0 Å². The van der Waals surface area contributed by atoms with Gasteiger partial charge in [0.15, 0.2) is 0 Å². The summed E-state index contributed by atoms with van der Waals surface area (Å²) in [6.07, 6.45) is 0.289. The van der Waals surface area contributed by atoms with Gasteiger partial charge in [0.05, 0.1) is 11.0 Å². The van der Waals surface area contributed by atoms with Crippen LogP contribution >= 0.6 is 0 Å². The number of H-pyrrole nitrogens is 1. The molecule has 0 fully saturated rings. The van der Waals surface area contributed by atoms with Crippen molar-refractivity contribution in [2.45, 2.75) is 13.3 Å². The number of benzene rings is 1. The van der Waals surface area contributed by atoms with Crippen LogP contribution in [0.15, 0.2) is 23.0 Å². The molecule has 2 aromatic rings. The number of imidazole rings is 1. The van der Waals surface area contributed by atoms with E-state index in [4.69, 9.17) is 5.73 Å². The molecule has 0 aliphatic heterocycles. The standard InChI is InChI=1S/C10H11N3O2/c1-2-9(14)13-8-4-3-6(11)5-7(8)12-10(13)15/h3-5H,2,11H2,1H3,(H,12,15). The van der Waals surface area contributed by atoms with Gasteiger partial charge in [0.2, 0.25) is 5.91 Å². The Morgan fingerprint density at radius 3 is 2.93 bits per heavy atom. The van der Waals surface area contributed by atoms with Crippen LogP contribution in [0.5, 0.6) is 0 Å². The van der Waals surface area contributed by atoms with Gasteiger partial charge in [0.1, 0.15) is 0 Å². The molecule has 0 saturated carbocycles. The Morgan fingerprint density at radius 2 is 2.27 bits per heavy atom. The van der Waals surface area contributed by atoms with Gasteiger partial charge in [-0.05, 0) is 18.2 Å². The molecule has 2 rings (SSSR count). The Kier molecular flexibility index (Phi) is 2.07. The molecule has 0 bridgehead atoms. The van der Waals surface area contributed by atoms with E-state index in [1.807, 2.05) is 0 Å². The highest BCUT2D eigenvalue weighted by Crippen LogP contribution is 2.14. The summed E-state index contributed by atoms with van der Waals surface area (Å²) in [6.45, 7) is 1.71. The van der Waals surface area contributed by atoms with Crippen molar-refractivity contribution < 1.29 is 4.79 Å². The first kappa shape index (κ1) is 9.51. The van der Waals surface area contributed by atoms with Crippen molar-refractivity contribution in [3.8, 4) is 0 Å². The Labute approximate surface area is 85.5 Å². The maximum Gasteiger partial charge on any atom is 0.333 e. The Morgan fingerprint density at radius 1 is 1.53 bits per heavy atom. The number of aromatic nitrogens is 2. The largest absolute Gasteiger partial charge is 0.399 e. The number of nitrogens with two attached hydrogens (primary N) is 1. The van der Waals surface area contributed by atoms with Crippen molar-refractivity contribution in [1.29, 1.82) is 0 Å². The van der Waals surface area contributed by atoms with Gasteiger partial charge >= 0.3 is 5.69 Å². The van der Waals surface area contributed by atoms with Crippen LogP contribution in [0.4, 0.5) is 5.69 Å². The predicted octanol–water partition coefficient (Wildman–Crippen LogP) is 0.962. The van der Waals surface area contributed by atoms with Crippen molar-refractivity contribution in [2.75, 3.05) is 5.73 Å². The van der Waals surface area contributed by atoms with Crippen LogP contribution in [-0.4, -0.2) is 15.5 Å². The van der Waals surface area contributed by atoms with Crippen molar-refractivity contribution in [1.82, 2.24) is 9.55 Å². The lowest BCUT2D eigenvalue weighted by atomic mass is 10.3. The summed E-state index contributed by atoms with van der Waals surface area (Å²) in [4.78, 5) is 25.6. The number of aromatic amines is 1. The molecular weight excluding hydrogens is 194 g/mol. The minimum Gasteiger partial charge on any atom is -0.399 e. The average molecular weight is 205 g/mol. The van der Waals surface area contributed by atoms with E-state index < -0.39 is 5.69 Å². The number of hydrogen-bond donors (Lipinski definition) is 2. The van der Waals surface area contributed by atoms with E-state index in [0.29, 0.717) is 16.7 Å². The van der Waals surface area contributed by atoms with Gasteiger partial charge in [-0.15, -0.1) is 0 Å². The molecule has 0 atom stereocenters. The van der Waals surface area contributed by atoms with Gasteiger partial charge in [0.25, 0.3) is 0 Å². The Balaban J connectivity index is 2.80. The molecule has 0 aliphatic carbocycles. The zero-order valence-electron chi connectivity index (χ0n) is 8.28. The van der Waals surface area contributed by atoms with Gasteiger partial charge in [-0.2, -0.15) is 0 Å². The smallest absolute Gasteiger partial charge is 0.333 e. The number of anilines is 1. The van der Waals surface area contributed by atoms with Crippen LogP contribution in [0, 0.1) is 0 Å². The molecule has 1 heterocycles. The molecule has 1 aromatic carbocycles. The quantitative estimate of drug-likeness (QED) is 0.680. The highest BCUT2D eigenvalue weighted by atomic mass is 16.2. The molecule has 0 unspecified atom stereocenters. The molecule has 15 heavy (non-hydrogen) atoms. The monoisotopic (exact) mass is 205 g/mol. The second-order valence-corrected chi connectivity index (χ2v) is 3.29. The van der Waals surface area contributed by atoms with Gasteiger partial charge < -0.3 is 10.7 Å². The Hall–Kier alpha value is -2.04. The topological polar surface area (TPSA) is 80.9 Å². The van der Waals surface area contributed by atoms with Gasteiger partial charge in [-0.3, -0.25) is 4.79 Å². The third-order valence-electron chi connectivity index (χ3n) is 2.26. The molecule has 78 valence electrons. The van der Waals surface area contributed by atoms with Gasteiger partial charge in [0, 0.05) is 12.1 Å². The SMILES string of the molecule is CCC(=O)n1c(=O)[nH]c2cc(N)ccc21. The molecule has 1 aromatic heterocycles. The van der Waals surface area contributed by atoms with Crippen molar-refractivity contribution >= 4 is 22.6 Å². The lowest BCUT2D eigenvalue weighted by molar-refractivity contribution is 0.0910. The second-order valence-electron chi connectivity index (χ2n) is 3.29. The van der Waals surface area contributed by atoms with Crippen LogP contribution in [-0.2, 0) is 0 Å². The highest BCUT2D eigenvalue weighted by molar-refractivity contribution is 5.91. The molecule has 0 amide bonds. The molecule has 0 spiro atoms. The fraction of sp³-hybridized carbons (Fsp3) is 0.200. The maximum atomic E-state index is 11.5. The van der Waals surface area contributed by atoms with E-state index in [0.717, 1.165) is 4.57 Å². The Bertz CT molecular complexity index is 580. The summed E-state index contributed by atoms with van der Waals surface area (Å²) >= 11 is 0. The number of carbonyl (C=O) groups excluding carboxylic acids is 1. The minimum absolute atomic E-state index is 0.226. The van der Waals surface area contributed by atoms with Crippen LogP contribution in [0.25, 0.3) is 11.0 Å². The summed E-state index contributed by atoms with van der Waals surface area (Å²) in [5.41, 5.74) is 6.87.